The van der Waals surface area contributed by atoms with Crippen LogP contribution in [0.2, 0.25) is 0 Å². The molecule has 1 aromatic rings. The zero-order valence-electron chi connectivity index (χ0n) is 11.4. The summed E-state index contributed by atoms with van der Waals surface area (Å²) < 4.78 is 5.26. The normalized spacial score (nSPS) is 16.2. The van der Waals surface area contributed by atoms with E-state index in [1.54, 1.807) is 13.3 Å². The van der Waals surface area contributed by atoms with Crippen molar-refractivity contribution in [2.24, 2.45) is 0 Å². The summed E-state index contributed by atoms with van der Waals surface area (Å²) in [7, 11) is 3.89. The zero-order valence-corrected chi connectivity index (χ0v) is 11.4. The van der Waals surface area contributed by atoms with Gasteiger partial charge in [-0.15, -0.1) is 0 Å². The second-order valence-electron chi connectivity index (χ2n) is 4.90. The summed E-state index contributed by atoms with van der Waals surface area (Å²) >= 11 is 0. The van der Waals surface area contributed by atoms with Crippen molar-refractivity contribution in [2.45, 2.75) is 31.7 Å². The molecule has 1 N–H and O–H groups in total. The highest BCUT2D eigenvalue weighted by Gasteiger charge is 2.18. The molecule has 4 nitrogen and oxygen atoms in total. The number of ether oxygens (including phenoxy) is 1. The van der Waals surface area contributed by atoms with Crippen LogP contribution in [0, 0.1) is 0 Å². The van der Waals surface area contributed by atoms with Crippen molar-refractivity contribution in [1.82, 2.24) is 9.88 Å². The maximum atomic E-state index is 5.26. The second-order valence-corrected chi connectivity index (χ2v) is 4.90. The van der Waals surface area contributed by atoms with E-state index in [1.807, 2.05) is 12.1 Å². The average molecular weight is 249 g/mol. The molecule has 4 heteroatoms. The summed E-state index contributed by atoms with van der Waals surface area (Å²) in [5, 5.41) is 3.34. The third-order valence-corrected chi connectivity index (χ3v) is 3.70. The fraction of sp³-hybridized carbons (Fsp3) is 0.643. The summed E-state index contributed by atoms with van der Waals surface area (Å²) in [6.45, 7) is 1.95. The van der Waals surface area contributed by atoms with Crippen molar-refractivity contribution in [1.29, 1.82) is 0 Å². The molecular weight excluding hydrogens is 226 g/mol. The van der Waals surface area contributed by atoms with Crippen LogP contribution in [0.4, 0.5) is 5.82 Å². The Balaban J connectivity index is 1.77. The standard InChI is InChI=1S/C14H23N3O/c1-17(12-6-3-4-7-12)11-10-16-14-13(18-2)8-5-9-15-14/h5,8-9,12H,3-4,6-7,10-11H2,1-2H3,(H,15,16). The molecule has 0 unspecified atom stereocenters. The Bertz CT molecular complexity index is 364. The summed E-state index contributed by atoms with van der Waals surface area (Å²) in [6.07, 6.45) is 7.26. The van der Waals surface area contributed by atoms with Crippen LogP contribution in [0.5, 0.6) is 5.75 Å². The van der Waals surface area contributed by atoms with Gasteiger partial charge in [0.15, 0.2) is 11.6 Å². The van der Waals surface area contributed by atoms with Gasteiger partial charge in [-0.05, 0) is 32.0 Å². The summed E-state index contributed by atoms with van der Waals surface area (Å²) in [6, 6.07) is 4.59. The number of likely N-dealkylation sites (N-methyl/N-ethyl adjacent to an activating group) is 1. The van der Waals surface area contributed by atoms with E-state index in [-0.39, 0.29) is 0 Å². The van der Waals surface area contributed by atoms with Gasteiger partial charge in [-0.25, -0.2) is 4.98 Å². The van der Waals surface area contributed by atoms with E-state index in [2.05, 4.69) is 22.2 Å². The number of methoxy groups -OCH3 is 1. The van der Waals surface area contributed by atoms with Gasteiger partial charge in [-0.1, -0.05) is 12.8 Å². The molecule has 1 aromatic heterocycles. The molecular formula is C14H23N3O. The number of nitrogens with one attached hydrogen (secondary N) is 1. The largest absolute Gasteiger partial charge is 0.493 e. The van der Waals surface area contributed by atoms with Crippen molar-refractivity contribution in [3.8, 4) is 5.75 Å². The summed E-state index contributed by atoms with van der Waals surface area (Å²) in [5.41, 5.74) is 0. The van der Waals surface area contributed by atoms with E-state index in [9.17, 15) is 0 Å². The Hall–Kier alpha value is -1.29. The number of pyridine rings is 1. The molecule has 100 valence electrons. The van der Waals surface area contributed by atoms with Crippen LogP contribution in [0.1, 0.15) is 25.7 Å². The van der Waals surface area contributed by atoms with Gasteiger partial charge in [-0.2, -0.15) is 0 Å². The van der Waals surface area contributed by atoms with Crippen LogP contribution in [0.3, 0.4) is 0 Å². The molecule has 18 heavy (non-hydrogen) atoms. The third-order valence-electron chi connectivity index (χ3n) is 3.70. The van der Waals surface area contributed by atoms with Gasteiger partial charge in [-0.3, -0.25) is 0 Å². The molecule has 1 aliphatic carbocycles. The Morgan fingerprint density at radius 2 is 2.22 bits per heavy atom. The van der Waals surface area contributed by atoms with Crippen molar-refractivity contribution < 1.29 is 4.74 Å². The Morgan fingerprint density at radius 3 is 2.94 bits per heavy atom. The molecule has 0 bridgehead atoms. The molecule has 0 amide bonds. The number of hydrogen-bond acceptors (Lipinski definition) is 4. The first-order valence-electron chi connectivity index (χ1n) is 6.74. The lowest BCUT2D eigenvalue weighted by Crippen LogP contribution is -2.33. The Kier molecular flexibility index (Phi) is 4.81. The first-order chi connectivity index (χ1) is 8.81. The monoisotopic (exact) mass is 249 g/mol. The van der Waals surface area contributed by atoms with Crippen LogP contribution < -0.4 is 10.1 Å². The minimum atomic E-state index is 0.775. The van der Waals surface area contributed by atoms with Crippen molar-refractivity contribution >= 4 is 5.82 Å². The van der Waals surface area contributed by atoms with Gasteiger partial charge in [0.2, 0.25) is 0 Å². The molecule has 0 aliphatic heterocycles. The second kappa shape index (κ2) is 6.59. The first-order valence-corrected chi connectivity index (χ1v) is 6.74. The molecule has 1 fully saturated rings. The number of hydrogen-bond donors (Lipinski definition) is 1. The van der Waals surface area contributed by atoms with Crippen LogP contribution in [-0.4, -0.2) is 43.2 Å². The maximum Gasteiger partial charge on any atom is 0.168 e. The minimum absolute atomic E-state index is 0.775. The topological polar surface area (TPSA) is 37.4 Å². The smallest absolute Gasteiger partial charge is 0.168 e. The van der Waals surface area contributed by atoms with Gasteiger partial charge in [0.05, 0.1) is 7.11 Å². The maximum absolute atomic E-state index is 5.26. The third kappa shape index (κ3) is 3.35. The molecule has 0 radical (unpaired) electrons. The fourth-order valence-electron chi connectivity index (χ4n) is 2.57. The highest BCUT2D eigenvalue weighted by atomic mass is 16.5. The van der Waals surface area contributed by atoms with Crippen LogP contribution in [0.25, 0.3) is 0 Å². The summed E-state index contributed by atoms with van der Waals surface area (Å²) in [5.74, 6) is 1.64. The quantitative estimate of drug-likeness (QED) is 0.840. The molecule has 1 saturated carbocycles. The molecule has 1 aliphatic rings. The molecule has 1 heterocycles. The SMILES string of the molecule is COc1cccnc1NCCN(C)C1CCCC1. The van der Waals surface area contributed by atoms with E-state index >= 15 is 0 Å². The van der Waals surface area contributed by atoms with Crippen LogP contribution in [0.15, 0.2) is 18.3 Å². The number of nitrogens with zero attached hydrogens (tertiary/aromatic N) is 2. The van der Waals surface area contributed by atoms with Crippen molar-refractivity contribution in [2.75, 3.05) is 32.6 Å². The van der Waals surface area contributed by atoms with Crippen molar-refractivity contribution in [3.63, 3.8) is 0 Å². The van der Waals surface area contributed by atoms with E-state index in [0.29, 0.717) is 0 Å². The average Bonchev–Trinajstić information content (AvgIpc) is 2.93. The Morgan fingerprint density at radius 1 is 1.44 bits per heavy atom. The fourth-order valence-corrected chi connectivity index (χ4v) is 2.57. The predicted molar refractivity (Wildman–Crippen MR) is 74.2 cm³/mol. The van der Waals surface area contributed by atoms with Crippen molar-refractivity contribution in [3.05, 3.63) is 18.3 Å². The van der Waals surface area contributed by atoms with E-state index in [4.69, 9.17) is 4.74 Å². The summed E-state index contributed by atoms with van der Waals surface area (Å²) in [4.78, 5) is 6.74. The van der Waals surface area contributed by atoms with E-state index < -0.39 is 0 Å². The van der Waals surface area contributed by atoms with Crippen LogP contribution >= 0.6 is 0 Å². The Labute approximate surface area is 109 Å². The molecule has 2 rings (SSSR count). The van der Waals surface area contributed by atoms with Gasteiger partial charge < -0.3 is 15.0 Å². The highest BCUT2D eigenvalue weighted by molar-refractivity contribution is 5.49. The van der Waals surface area contributed by atoms with Gasteiger partial charge in [0.1, 0.15) is 0 Å². The van der Waals surface area contributed by atoms with Gasteiger partial charge >= 0.3 is 0 Å². The van der Waals surface area contributed by atoms with Crippen LogP contribution in [-0.2, 0) is 0 Å². The van der Waals surface area contributed by atoms with E-state index in [1.165, 1.54) is 25.7 Å². The highest BCUT2D eigenvalue weighted by Crippen LogP contribution is 2.22. The van der Waals surface area contributed by atoms with Gasteiger partial charge in [0, 0.05) is 25.3 Å². The number of rotatable bonds is 6. The predicted octanol–water partition coefficient (Wildman–Crippen LogP) is 2.38. The zero-order chi connectivity index (χ0) is 12.8. The number of anilines is 1. The molecule has 0 spiro atoms. The lowest BCUT2D eigenvalue weighted by Gasteiger charge is -2.24. The van der Waals surface area contributed by atoms with E-state index in [0.717, 1.165) is 30.7 Å². The molecule has 0 atom stereocenters. The lowest BCUT2D eigenvalue weighted by molar-refractivity contribution is 0.254. The molecule has 0 saturated heterocycles. The first kappa shape index (κ1) is 13.1. The minimum Gasteiger partial charge on any atom is -0.493 e. The number of aromatic nitrogens is 1. The molecule has 0 aromatic carbocycles. The lowest BCUT2D eigenvalue weighted by atomic mass is 10.2. The van der Waals surface area contributed by atoms with Gasteiger partial charge in [0.25, 0.3) is 0 Å².